The van der Waals surface area contributed by atoms with Crippen LogP contribution in [0.15, 0.2) is 30.3 Å². The number of piperidine rings is 1. The van der Waals surface area contributed by atoms with Crippen LogP contribution in [-0.4, -0.2) is 51.2 Å². The molecule has 6 nitrogen and oxygen atoms in total. The third-order valence-corrected chi connectivity index (χ3v) is 5.21. The van der Waals surface area contributed by atoms with Crippen molar-refractivity contribution in [3.63, 3.8) is 0 Å². The van der Waals surface area contributed by atoms with Crippen LogP contribution in [0.25, 0.3) is 0 Å². The Morgan fingerprint density at radius 2 is 1.88 bits per heavy atom. The number of sulfonamides is 1. The Kier molecular flexibility index (Phi) is 7.40. The molecule has 140 valence electrons. The summed E-state index contributed by atoms with van der Waals surface area (Å²) in [5.41, 5.74) is 1.13. The normalized spacial score (nSPS) is 18.0. The molecular weight excluding hydrogens is 338 g/mol. The summed E-state index contributed by atoms with van der Waals surface area (Å²) in [4.78, 5) is 14.5. The lowest BCUT2D eigenvalue weighted by Crippen LogP contribution is -2.47. The largest absolute Gasteiger partial charge is 0.348 e. The second kappa shape index (κ2) is 9.31. The number of nitrogens with one attached hydrogen (secondary N) is 2. The lowest BCUT2D eigenvalue weighted by Gasteiger charge is -2.31. The van der Waals surface area contributed by atoms with Gasteiger partial charge < -0.3 is 5.32 Å². The molecule has 1 atom stereocenters. The zero-order valence-electron chi connectivity index (χ0n) is 15.1. The highest BCUT2D eigenvalue weighted by Gasteiger charge is 2.23. The van der Waals surface area contributed by atoms with E-state index in [1.165, 1.54) is 6.26 Å². The molecule has 1 aliphatic heterocycles. The van der Waals surface area contributed by atoms with Gasteiger partial charge in [0.1, 0.15) is 0 Å². The zero-order chi connectivity index (χ0) is 18.3. The van der Waals surface area contributed by atoms with Crippen LogP contribution >= 0.6 is 0 Å². The number of carbonyl (C=O) groups excluding carboxylic acids is 1. The standard InChI is InChI=1S/C18H29N3O3S/c1-3-7-17(15-8-5-4-6-9-15)19-18(22)14-21-12-10-16(11-13-21)20-25(2,23)24/h4-6,8-9,16-17,20H,3,7,10-14H2,1-2H3,(H,19,22). The third kappa shape index (κ3) is 7.13. The van der Waals surface area contributed by atoms with E-state index in [4.69, 9.17) is 0 Å². The van der Waals surface area contributed by atoms with Crippen molar-refractivity contribution in [1.29, 1.82) is 0 Å². The predicted octanol–water partition coefficient (Wildman–Crippen LogP) is 1.66. The SMILES string of the molecule is CCCC(NC(=O)CN1CCC(NS(C)(=O)=O)CC1)c1ccccc1. The first-order chi connectivity index (χ1) is 11.9. The van der Waals surface area contributed by atoms with Crippen LogP contribution < -0.4 is 10.0 Å². The van der Waals surface area contributed by atoms with Crippen LogP contribution in [0.5, 0.6) is 0 Å². The van der Waals surface area contributed by atoms with Crippen molar-refractivity contribution in [3.8, 4) is 0 Å². The van der Waals surface area contributed by atoms with Crippen molar-refractivity contribution >= 4 is 15.9 Å². The van der Waals surface area contributed by atoms with Gasteiger partial charge in [-0.1, -0.05) is 43.7 Å². The molecule has 2 N–H and O–H groups in total. The minimum absolute atomic E-state index is 0.0218. The maximum absolute atomic E-state index is 12.4. The molecule has 0 radical (unpaired) electrons. The van der Waals surface area contributed by atoms with Crippen LogP contribution in [0.2, 0.25) is 0 Å². The minimum Gasteiger partial charge on any atom is -0.348 e. The highest BCUT2D eigenvalue weighted by molar-refractivity contribution is 7.88. The first-order valence-electron chi connectivity index (χ1n) is 8.91. The van der Waals surface area contributed by atoms with E-state index < -0.39 is 10.0 Å². The molecule has 0 bridgehead atoms. The topological polar surface area (TPSA) is 78.5 Å². The number of amides is 1. The van der Waals surface area contributed by atoms with Crippen LogP contribution in [0.4, 0.5) is 0 Å². The van der Waals surface area contributed by atoms with E-state index in [2.05, 4.69) is 21.9 Å². The number of benzene rings is 1. The molecule has 1 aliphatic rings. The Balaban J connectivity index is 1.81. The van der Waals surface area contributed by atoms with Gasteiger partial charge in [0, 0.05) is 19.1 Å². The molecule has 0 aromatic heterocycles. The fraction of sp³-hybridized carbons (Fsp3) is 0.611. The summed E-state index contributed by atoms with van der Waals surface area (Å²) in [6.07, 6.45) is 4.57. The Bertz CT molecular complexity index is 641. The van der Waals surface area contributed by atoms with Crippen molar-refractivity contribution in [2.45, 2.75) is 44.7 Å². The molecule has 1 amide bonds. The first-order valence-corrected chi connectivity index (χ1v) is 10.8. The summed E-state index contributed by atoms with van der Waals surface area (Å²) >= 11 is 0. The van der Waals surface area contributed by atoms with Gasteiger partial charge in [-0.3, -0.25) is 9.69 Å². The van der Waals surface area contributed by atoms with E-state index in [0.717, 1.165) is 44.3 Å². The molecule has 0 aliphatic carbocycles. The average Bonchev–Trinajstić information content (AvgIpc) is 2.56. The first kappa shape index (κ1) is 19.9. The molecular formula is C18H29N3O3S. The molecule has 1 heterocycles. The Labute approximate surface area is 151 Å². The molecule has 0 spiro atoms. The summed E-state index contributed by atoms with van der Waals surface area (Å²) in [6, 6.07) is 10.1. The van der Waals surface area contributed by atoms with Crippen molar-refractivity contribution in [1.82, 2.24) is 14.9 Å². The fourth-order valence-corrected chi connectivity index (χ4v) is 4.09. The molecule has 0 saturated carbocycles. The van der Waals surface area contributed by atoms with Crippen molar-refractivity contribution < 1.29 is 13.2 Å². The molecule has 1 saturated heterocycles. The van der Waals surface area contributed by atoms with Gasteiger partial charge in [0.05, 0.1) is 18.8 Å². The molecule has 2 rings (SSSR count). The molecule has 25 heavy (non-hydrogen) atoms. The Morgan fingerprint density at radius 3 is 2.44 bits per heavy atom. The van der Waals surface area contributed by atoms with Gasteiger partial charge in [0.15, 0.2) is 0 Å². The average molecular weight is 368 g/mol. The van der Waals surface area contributed by atoms with E-state index in [1.54, 1.807) is 0 Å². The zero-order valence-corrected chi connectivity index (χ0v) is 15.9. The van der Waals surface area contributed by atoms with Gasteiger partial charge >= 0.3 is 0 Å². The van der Waals surface area contributed by atoms with E-state index in [1.807, 2.05) is 30.3 Å². The van der Waals surface area contributed by atoms with Crippen LogP contribution in [-0.2, 0) is 14.8 Å². The number of likely N-dealkylation sites (tertiary alicyclic amines) is 1. The number of nitrogens with zero attached hydrogens (tertiary/aromatic N) is 1. The van der Waals surface area contributed by atoms with Crippen LogP contribution in [0.3, 0.4) is 0 Å². The quantitative estimate of drug-likeness (QED) is 0.732. The highest BCUT2D eigenvalue weighted by atomic mass is 32.2. The molecule has 1 fully saturated rings. The van der Waals surface area contributed by atoms with Crippen molar-refractivity contribution in [2.24, 2.45) is 0 Å². The number of carbonyl (C=O) groups is 1. The second-order valence-electron chi connectivity index (χ2n) is 6.76. The monoisotopic (exact) mass is 367 g/mol. The van der Waals surface area contributed by atoms with E-state index in [0.29, 0.717) is 6.54 Å². The summed E-state index contributed by atoms with van der Waals surface area (Å²) in [5.74, 6) is 0.0248. The lowest BCUT2D eigenvalue weighted by molar-refractivity contribution is -0.123. The van der Waals surface area contributed by atoms with Gasteiger partial charge in [-0.15, -0.1) is 0 Å². The van der Waals surface area contributed by atoms with Crippen molar-refractivity contribution in [3.05, 3.63) is 35.9 Å². The van der Waals surface area contributed by atoms with Gasteiger partial charge in [-0.2, -0.15) is 0 Å². The lowest BCUT2D eigenvalue weighted by atomic mass is 10.0. The number of hydrogen-bond donors (Lipinski definition) is 2. The summed E-state index contributed by atoms with van der Waals surface area (Å²) in [6.45, 7) is 3.93. The van der Waals surface area contributed by atoms with E-state index >= 15 is 0 Å². The summed E-state index contributed by atoms with van der Waals surface area (Å²) in [5, 5.41) is 3.14. The van der Waals surface area contributed by atoms with Gasteiger partial charge in [0.25, 0.3) is 0 Å². The van der Waals surface area contributed by atoms with Gasteiger partial charge in [-0.05, 0) is 24.8 Å². The van der Waals surface area contributed by atoms with E-state index in [-0.39, 0.29) is 18.0 Å². The maximum Gasteiger partial charge on any atom is 0.234 e. The molecule has 1 aromatic carbocycles. The van der Waals surface area contributed by atoms with E-state index in [9.17, 15) is 13.2 Å². The van der Waals surface area contributed by atoms with Crippen LogP contribution in [0, 0.1) is 0 Å². The van der Waals surface area contributed by atoms with Gasteiger partial charge in [0.2, 0.25) is 15.9 Å². The van der Waals surface area contributed by atoms with Crippen molar-refractivity contribution in [2.75, 3.05) is 25.9 Å². The Hall–Kier alpha value is -1.44. The molecule has 1 aromatic rings. The summed E-state index contributed by atoms with van der Waals surface area (Å²) < 4.78 is 25.2. The fourth-order valence-electron chi connectivity index (χ4n) is 3.25. The third-order valence-electron chi connectivity index (χ3n) is 4.45. The summed E-state index contributed by atoms with van der Waals surface area (Å²) in [7, 11) is -3.16. The predicted molar refractivity (Wildman–Crippen MR) is 99.7 cm³/mol. The number of rotatable bonds is 8. The highest BCUT2D eigenvalue weighted by Crippen LogP contribution is 2.18. The Morgan fingerprint density at radius 1 is 1.24 bits per heavy atom. The number of hydrogen-bond acceptors (Lipinski definition) is 4. The smallest absolute Gasteiger partial charge is 0.234 e. The van der Waals surface area contributed by atoms with Gasteiger partial charge in [-0.25, -0.2) is 13.1 Å². The second-order valence-corrected chi connectivity index (χ2v) is 8.54. The van der Waals surface area contributed by atoms with Crippen LogP contribution in [0.1, 0.15) is 44.2 Å². The molecule has 1 unspecified atom stereocenters. The molecule has 7 heteroatoms. The maximum atomic E-state index is 12.4. The minimum atomic E-state index is -3.16.